The number of hydrogen-bond donors (Lipinski definition) is 2. The zero-order valence-corrected chi connectivity index (χ0v) is 10.8. The van der Waals surface area contributed by atoms with E-state index in [1.807, 2.05) is 0 Å². The number of imide groups is 1. The van der Waals surface area contributed by atoms with Gasteiger partial charge in [-0.3, -0.25) is 10.1 Å². The third-order valence-electron chi connectivity index (χ3n) is 2.24. The number of carbonyl (C=O) groups is 3. The zero-order chi connectivity index (χ0) is 14.3. The molecule has 1 rings (SSSR count). The minimum atomic E-state index is -1.05. The Morgan fingerprint density at radius 3 is 2.42 bits per heavy atom. The molecule has 0 aromatic heterocycles. The summed E-state index contributed by atoms with van der Waals surface area (Å²) in [6, 6.07) is 7.69. The Hall–Kier alpha value is -2.37. The summed E-state index contributed by atoms with van der Waals surface area (Å²) in [4.78, 5) is 34.3. The number of carbonyl (C=O) groups excluding carboxylic acids is 3. The molecular weight excluding hydrogens is 248 g/mol. The van der Waals surface area contributed by atoms with Crippen LogP contribution < -0.4 is 10.6 Å². The fourth-order valence-electron chi connectivity index (χ4n) is 1.27. The maximum absolute atomic E-state index is 11.7. The van der Waals surface area contributed by atoms with E-state index >= 15 is 0 Å². The van der Waals surface area contributed by atoms with Crippen molar-refractivity contribution in [3.05, 3.63) is 35.9 Å². The third-order valence-corrected chi connectivity index (χ3v) is 2.24. The molecule has 1 aromatic rings. The van der Waals surface area contributed by atoms with Crippen molar-refractivity contribution < 1.29 is 19.1 Å². The van der Waals surface area contributed by atoms with E-state index in [1.165, 1.54) is 6.92 Å². The van der Waals surface area contributed by atoms with Crippen LogP contribution in [0, 0.1) is 0 Å². The van der Waals surface area contributed by atoms with Crippen LogP contribution in [0.15, 0.2) is 30.3 Å². The Labute approximate surface area is 111 Å². The average molecular weight is 264 g/mol. The van der Waals surface area contributed by atoms with Crippen LogP contribution in [0.2, 0.25) is 0 Å². The van der Waals surface area contributed by atoms with Gasteiger partial charge < -0.3 is 10.1 Å². The molecule has 6 heteroatoms. The molecule has 0 bridgehead atoms. The molecule has 1 atom stereocenters. The molecule has 0 saturated carbocycles. The molecule has 0 heterocycles. The van der Waals surface area contributed by atoms with Crippen LogP contribution in [0.1, 0.15) is 24.2 Å². The number of ether oxygens (including phenoxy) is 1. The third kappa shape index (κ3) is 4.79. The van der Waals surface area contributed by atoms with Crippen molar-refractivity contribution in [2.24, 2.45) is 0 Å². The van der Waals surface area contributed by atoms with E-state index < -0.39 is 24.0 Å². The average Bonchev–Trinajstić information content (AvgIpc) is 2.39. The summed E-state index contributed by atoms with van der Waals surface area (Å²) in [6.45, 7) is 3.52. The predicted molar refractivity (Wildman–Crippen MR) is 68.5 cm³/mol. The van der Waals surface area contributed by atoms with Crippen LogP contribution in [-0.2, 0) is 9.53 Å². The molecule has 0 aliphatic carbocycles. The van der Waals surface area contributed by atoms with E-state index in [4.69, 9.17) is 4.74 Å². The SMILES string of the molecule is CCNC(=O)NC(=O)[C@@H](C)OC(=O)c1ccccc1. The Morgan fingerprint density at radius 2 is 1.84 bits per heavy atom. The van der Waals surface area contributed by atoms with Crippen molar-refractivity contribution in [3.63, 3.8) is 0 Å². The van der Waals surface area contributed by atoms with Gasteiger partial charge in [0.25, 0.3) is 5.91 Å². The summed E-state index contributed by atoms with van der Waals surface area (Å²) in [5.41, 5.74) is 0.347. The predicted octanol–water partition coefficient (Wildman–Crippen LogP) is 1.08. The molecule has 0 aliphatic rings. The van der Waals surface area contributed by atoms with Crippen LogP contribution >= 0.6 is 0 Å². The second-order valence-electron chi connectivity index (χ2n) is 3.76. The van der Waals surface area contributed by atoms with Crippen molar-refractivity contribution in [1.82, 2.24) is 10.6 Å². The van der Waals surface area contributed by atoms with E-state index in [0.29, 0.717) is 12.1 Å². The van der Waals surface area contributed by atoms with Crippen molar-refractivity contribution in [1.29, 1.82) is 0 Å². The number of benzene rings is 1. The second kappa shape index (κ2) is 7.15. The number of hydrogen-bond acceptors (Lipinski definition) is 4. The van der Waals surface area contributed by atoms with Gasteiger partial charge in [0.05, 0.1) is 5.56 Å². The minimum Gasteiger partial charge on any atom is -0.449 e. The summed E-state index contributed by atoms with van der Waals surface area (Å²) in [7, 11) is 0. The maximum atomic E-state index is 11.7. The molecule has 0 fully saturated rings. The Kier molecular flexibility index (Phi) is 5.53. The van der Waals surface area contributed by atoms with Crippen molar-refractivity contribution >= 4 is 17.9 Å². The first-order valence-electron chi connectivity index (χ1n) is 5.89. The van der Waals surface area contributed by atoms with E-state index in [0.717, 1.165) is 0 Å². The largest absolute Gasteiger partial charge is 0.449 e. The molecule has 0 unspecified atom stereocenters. The normalized spacial score (nSPS) is 11.3. The molecule has 19 heavy (non-hydrogen) atoms. The lowest BCUT2D eigenvalue weighted by Crippen LogP contribution is -2.44. The van der Waals surface area contributed by atoms with Gasteiger partial charge in [-0.05, 0) is 26.0 Å². The van der Waals surface area contributed by atoms with Gasteiger partial charge in [0.2, 0.25) is 0 Å². The maximum Gasteiger partial charge on any atom is 0.338 e. The Morgan fingerprint density at radius 1 is 1.21 bits per heavy atom. The van der Waals surface area contributed by atoms with Gasteiger partial charge >= 0.3 is 12.0 Å². The molecule has 3 amide bonds. The van der Waals surface area contributed by atoms with Crippen molar-refractivity contribution in [2.45, 2.75) is 20.0 Å². The molecule has 102 valence electrons. The fraction of sp³-hybridized carbons (Fsp3) is 0.308. The van der Waals surface area contributed by atoms with Crippen LogP contribution in [0.25, 0.3) is 0 Å². The van der Waals surface area contributed by atoms with Gasteiger partial charge in [0.15, 0.2) is 6.10 Å². The van der Waals surface area contributed by atoms with Crippen LogP contribution in [0.3, 0.4) is 0 Å². The standard InChI is InChI=1S/C13H16N2O4/c1-3-14-13(18)15-11(16)9(2)19-12(17)10-7-5-4-6-8-10/h4-9H,3H2,1-2H3,(H2,14,15,16,18)/t9-/m1/s1. The smallest absolute Gasteiger partial charge is 0.338 e. The topological polar surface area (TPSA) is 84.5 Å². The molecule has 2 N–H and O–H groups in total. The molecular formula is C13H16N2O4. The number of amides is 3. The van der Waals surface area contributed by atoms with E-state index in [-0.39, 0.29) is 0 Å². The van der Waals surface area contributed by atoms with E-state index in [1.54, 1.807) is 37.3 Å². The van der Waals surface area contributed by atoms with Gasteiger partial charge in [-0.15, -0.1) is 0 Å². The summed E-state index contributed by atoms with van der Waals surface area (Å²) in [5, 5.41) is 4.48. The van der Waals surface area contributed by atoms with Crippen molar-refractivity contribution in [3.8, 4) is 0 Å². The lowest BCUT2D eigenvalue weighted by Gasteiger charge is -2.12. The van der Waals surface area contributed by atoms with Crippen LogP contribution in [0.5, 0.6) is 0 Å². The number of urea groups is 1. The fourth-order valence-corrected chi connectivity index (χ4v) is 1.27. The Bertz CT molecular complexity index is 459. The minimum absolute atomic E-state index is 0.347. The Balaban J connectivity index is 2.50. The lowest BCUT2D eigenvalue weighted by atomic mass is 10.2. The summed E-state index contributed by atoms with van der Waals surface area (Å²) in [6.07, 6.45) is -1.05. The van der Waals surface area contributed by atoms with Gasteiger partial charge in [0.1, 0.15) is 0 Å². The molecule has 0 radical (unpaired) electrons. The van der Waals surface area contributed by atoms with E-state index in [9.17, 15) is 14.4 Å². The molecule has 1 aromatic carbocycles. The van der Waals surface area contributed by atoms with Gasteiger partial charge in [-0.1, -0.05) is 18.2 Å². The highest BCUT2D eigenvalue weighted by Gasteiger charge is 2.20. The first kappa shape index (κ1) is 14.7. The van der Waals surface area contributed by atoms with Gasteiger partial charge in [-0.2, -0.15) is 0 Å². The zero-order valence-electron chi connectivity index (χ0n) is 10.8. The lowest BCUT2D eigenvalue weighted by molar-refractivity contribution is -0.127. The molecule has 0 saturated heterocycles. The van der Waals surface area contributed by atoms with Crippen molar-refractivity contribution in [2.75, 3.05) is 6.54 Å². The number of esters is 1. The first-order valence-corrected chi connectivity index (χ1v) is 5.89. The highest BCUT2D eigenvalue weighted by molar-refractivity contribution is 5.98. The highest BCUT2D eigenvalue weighted by atomic mass is 16.5. The quantitative estimate of drug-likeness (QED) is 0.797. The molecule has 0 spiro atoms. The summed E-state index contributed by atoms with van der Waals surface area (Å²) < 4.78 is 4.95. The monoisotopic (exact) mass is 264 g/mol. The second-order valence-corrected chi connectivity index (χ2v) is 3.76. The highest BCUT2D eigenvalue weighted by Crippen LogP contribution is 2.03. The summed E-state index contributed by atoms with van der Waals surface area (Å²) in [5.74, 6) is -1.28. The number of nitrogens with one attached hydrogen (secondary N) is 2. The number of rotatable bonds is 4. The van der Waals surface area contributed by atoms with E-state index in [2.05, 4.69) is 10.6 Å². The van der Waals surface area contributed by atoms with Gasteiger partial charge in [0, 0.05) is 6.54 Å². The molecule has 0 aliphatic heterocycles. The summed E-state index contributed by atoms with van der Waals surface area (Å²) >= 11 is 0. The first-order chi connectivity index (χ1) is 9.04. The van der Waals surface area contributed by atoms with Gasteiger partial charge in [-0.25, -0.2) is 9.59 Å². The van der Waals surface area contributed by atoms with Crippen LogP contribution in [-0.4, -0.2) is 30.6 Å². The molecule has 6 nitrogen and oxygen atoms in total. The van der Waals surface area contributed by atoms with Crippen LogP contribution in [0.4, 0.5) is 4.79 Å².